The molecule has 7 nitrogen and oxygen atoms in total. The lowest BCUT2D eigenvalue weighted by Crippen LogP contribution is -2.44. The number of benzene rings is 1. The van der Waals surface area contributed by atoms with Crippen LogP contribution < -0.4 is 10.2 Å². The molecule has 1 aromatic carbocycles. The van der Waals surface area contributed by atoms with Crippen molar-refractivity contribution in [2.24, 2.45) is 0 Å². The number of carbonyl (C=O) groups excluding carboxylic acids is 1. The molecule has 4 aromatic rings. The van der Waals surface area contributed by atoms with Gasteiger partial charge in [-0.1, -0.05) is 0 Å². The van der Waals surface area contributed by atoms with E-state index in [2.05, 4.69) is 32.1 Å². The molecule has 0 bridgehead atoms. The molecule has 4 heterocycles. The molecule has 1 fully saturated rings. The highest BCUT2D eigenvalue weighted by molar-refractivity contribution is 5.98. The van der Waals surface area contributed by atoms with E-state index in [1.807, 2.05) is 44.2 Å². The fourth-order valence-corrected chi connectivity index (χ4v) is 4.54. The number of nitrogens with one attached hydrogen (secondary N) is 1. The lowest BCUT2D eigenvalue weighted by atomic mass is 10.1. The smallest absolute Gasteiger partial charge is 0.169 e. The summed E-state index contributed by atoms with van der Waals surface area (Å²) in [5.41, 5.74) is 4.03. The predicted octanol–water partition coefficient (Wildman–Crippen LogP) is 4.83. The number of nitrogens with zero attached hydrogens (tertiary/aromatic N) is 5. The molecule has 37 heavy (non-hydrogen) atoms. The van der Waals surface area contributed by atoms with Gasteiger partial charge in [0.05, 0.1) is 23.3 Å². The highest BCUT2D eigenvalue weighted by atomic mass is 19.1. The third-order valence-electron chi connectivity index (χ3n) is 6.52. The Balaban J connectivity index is 1.36. The van der Waals surface area contributed by atoms with Crippen molar-refractivity contribution in [1.29, 1.82) is 0 Å². The van der Waals surface area contributed by atoms with Crippen LogP contribution in [0.25, 0.3) is 22.2 Å². The van der Waals surface area contributed by atoms with E-state index in [1.165, 1.54) is 12.1 Å². The van der Waals surface area contributed by atoms with Gasteiger partial charge in [-0.05, 0) is 69.4 Å². The van der Waals surface area contributed by atoms with Gasteiger partial charge in [0.2, 0.25) is 0 Å². The van der Waals surface area contributed by atoms with Gasteiger partial charge in [0, 0.05) is 66.8 Å². The Morgan fingerprint density at radius 3 is 2.62 bits per heavy atom. The van der Waals surface area contributed by atoms with Crippen molar-refractivity contribution in [2.45, 2.75) is 26.3 Å². The van der Waals surface area contributed by atoms with Gasteiger partial charge in [0.15, 0.2) is 5.78 Å². The van der Waals surface area contributed by atoms with Gasteiger partial charge in [0.1, 0.15) is 11.6 Å². The maximum Gasteiger partial charge on any atom is 0.169 e. The minimum absolute atomic E-state index is 0.0182. The summed E-state index contributed by atoms with van der Waals surface area (Å²) in [6, 6.07) is 14.3. The van der Waals surface area contributed by atoms with Gasteiger partial charge in [-0.25, -0.2) is 14.4 Å². The number of Topliss-reactive ketones (excluding diaryl/α,β-unsaturated/α-hetero) is 1. The standard InChI is InChI=1S/C29H31FN6O/c1-19(2)33-25-13-22(12-23(30)15-25)26-5-4-21-18-32-24(16-27(21)34-26)17-28(37)20-6-7-31-29(14-20)36-10-8-35(3)9-11-36/h4-7,12-16,18-19,33H,8-11,17H2,1-3H3. The molecule has 190 valence electrons. The van der Waals surface area contributed by atoms with E-state index in [4.69, 9.17) is 4.98 Å². The highest BCUT2D eigenvalue weighted by Crippen LogP contribution is 2.26. The SMILES string of the molecule is CC(C)Nc1cc(F)cc(-c2ccc3cnc(CC(=O)c4ccnc(N5CCN(C)CC5)c4)cc3n2)c1. The third-order valence-corrected chi connectivity index (χ3v) is 6.52. The van der Waals surface area contributed by atoms with Crippen LogP contribution >= 0.6 is 0 Å². The van der Waals surface area contributed by atoms with Gasteiger partial charge < -0.3 is 15.1 Å². The van der Waals surface area contributed by atoms with E-state index in [0.717, 1.165) is 37.4 Å². The number of piperazine rings is 1. The fourth-order valence-electron chi connectivity index (χ4n) is 4.54. The summed E-state index contributed by atoms with van der Waals surface area (Å²) >= 11 is 0. The van der Waals surface area contributed by atoms with Crippen molar-refractivity contribution >= 4 is 28.2 Å². The van der Waals surface area contributed by atoms with Gasteiger partial charge in [-0.2, -0.15) is 0 Å². The van der Waals surface area contributed by atoms with Crippen LogP contribution in [0.1, 0.15) is 29.9 Å². The maximum absolute atomic E-state index is 14.3. The number of hydrogen-bond donors (Lipinski definition) is 1. The molecule has 0 aliphatic carbocycles. The predicted molar refractivity (Wildman–Crippen MR) is 146 cm³/mol. The van der Waals surface area contributed by atoms with E-state index in [1.54, 1.807) is 18.5 Å². The Kier molecular flexibility index (Phi) is 7.10. The van der Waals surface area contributed by atoms with Crippen molar-refractivity contribution in [3.63, 3.8) is 0 Å². The van der Waals surface area contributed by atoms with E-state index in [9.17, 15) is 9.18 Å². The molecule has 1 aliphatic rings. The Bertz CT molecular complexity index is 1430. The number of likely N-dealkylation sites (N-methyl/N-ethyl adjacent to an activating group) is 1. The van der Waals surface area contributed by atoms with Gasteiger partial charge in [0.25, 0.3) is 0 Å². The Morgan fingerprint density at radius 1 is 1.03 bits per heavy atom. The third kappa shape index (κ3) is 5.91. The average Bonchev–Trinajstić information content (AvgIpc) is 2.88. The van der Waals surface area contributed by atoms with Crippen molar-refractivity contribution < 1.29 is 9.18 Å². The second-order valence-corrected chi connectivity index (χ2v) is 9.89. The Labute approximate surface area is 216 Å². The van der Waals surface area contributed by atoms with Crippen LogP contribution in [-0.2, 0) is 6.42 Å². The number of carbonyl (C=O) groups is 1. The fraction of sp³-hybridized carbons (Fsp3) is 0.310. The van der Waals surface area contributed by atoms with Crippen molar-refractivity contribution in [3.8, 4) is 11.3 Å². The number of hydrogen-bond acceptors (Lipinski definition) is 7. The van der Waals surface area contributed by atoms with Crippen LogP contribution in [0.2, 0.25) is 0 Å². The minimum Gasteiger partial charge on any atom is -0.383 e. The first kappa shape index (κ1) is 24.8. The molecule has 1 N–H and O–H groups in total. The first-order chi connectivity index (χ1) is 17.8. The first-order valence-corrected chi connectivity index (χ1v) is 12.6. The molecule has 0 radical (unpaired) electrons. The normalized spacial score (nSPS) is 14.4. The van der Waals surface area contributed by atoms with E-state index < -0.39 is 0 Å². The Hall–Kier alpha value is -3.91. The molecule has 0 spiro atoms. The number of rotatable bonds is 7. The molecule has 0 unspecified atom stereocenters. The van der Waals surface area contributed by atoms with Crippen LogP contribution in [0, 0.1) is 5.82 Å². The number of halogens is 1. The second kappa shape index (κ2) is 10.6. The number of pyridine rings is 3. The molecule has 1 aliphatic heterocycles. The van der Waals surface area contributed by atoms with Crippen LogP contribution in [0.4, 0.5) is 15.9 Å². The lowest BCUT2D eigenvalue weighted by molar-refractivity contribution is 0.0992. The van der Waals surface area contributed by atoms with Crippen LogP contribution in [0.5, 0.6) is 0 Å². The topological polar surface area (TPSA) is 74.2 Å². The summed E-state index contributed by atoms with van der Waals surface area (Å²) in [6.07, 6.45) is 3.59. The van der Waals surface area contributed by atoms with E-state index in [-0.39, 0.29) is 24.1 Å². The number of aromatic nitrogens is 3. The number of anilines is 2. The van der Waals surface area contributed by atoms with Crippen molar-refractivity contribution in [2.75, 3.05) is 43.4 Å². The summed E-state index contributed by atoms with van der Waals surface area (Å²) < 4.78 is 14.3. The molecule has 1 saturated heterocycles. The summed E-state index contributed by atoms with van der Waals surface area (Å²) in [5, 5.41) is 4.10. The quantitative estimate of drug-likeness (QED) is 0.366. The zero-order chi connectivity index (χ0) is 25.9. The minimum atomic E-state index is -0.322. The number of fused-ring (bicyclic) bond motifs is 1. The van der Waals surface area contributed by atoms with Crippen LogP contribution in [0.15, 0.2) is 60.9 Å². The molecule has 0 saturated carbocycles. The van der Waals surface area contributed by atoms with Gasteiger partial charge in [-0.15, -0.1) is 0 Å². The van der Waals surface area contributed by atoms with E-state index in [0.29, 0.717) is 33.7 Å². The second-order valence-electron chi connectivity index (χ2n) is 9.89. The average molecular weight is 499 g/mol. The monoisotopic (exact) mass is 498 g/mol. The lowest BCUT2D eigenvalue weighted by Gasteiger charge is -2.33. The van der Waals surface area contributed by atoms with E-state index >= 15 is 0 Å². The summed E-state index contributed by atoms with van der Waals surface area (Å²) in [4.78, 5) is 31.4. The molecule has 5 rings (SSSR count). The first-order valence-electron chi connectivity index (χ1n) is 12.6. The number of ketones is 1. The summed E-state index contributed by atoms with van der Waals surface area (Å²) in [5.74, 6) is 0.491. The molecular formula is C29H31FN6O. The van der Waals surface area contributed by atoms with Gasteiger partial charge >= 0.3 is 0 Å². The Morgan fingerprint density at radius 2 is 1.84 bits per heavy atom. The molecular weight excluding hydrogens is 467 g/mol. The highest BCUT2D eigenvalue weighted by Gasteiger charge is 2.17. The van der Waals surface area contributed by atoms with Crippen LogP contribution in [0.3, 0.4) is 0 Å². The summed E-state index contributed by atoms with van der Waals surface area (Å²) in [6.45, 7) is 7.74. The molecule has 8 heteroatoms. The zero-order valence-corrected chi connectivity index (χ0v) is 21.4. The molecule has 0 atom stereocenters. The zero-order valence-electron chi connectivity index (χ0n) is 21.4. The van der Waals surface area contributed by atoms with Crippen molar-refractivity contribution in [3.05, 3.63) is 78.0 Å². The summed E-state index contributed by atoms with van der Waals surface area (Å²) in [7, 11) is 2.11. The molecule has 0 amide bonds. The van der Waals surface area contributed by atoms with Crippen LogP contribution in [-0.4, -0.2) is 64.9 Å². The maximum atomic E-state index is 14.3. The largest absolute Gasteiger partial charge is 0.383 e. The van der Waals surface area contributed by atoms with Crippen molar-refractivity contribution in [1.82, 2.24) is 19.9 Å². The van der Waals surface area contributed by atoms with Gasteiger partial charge in [-0.3, -0.25) is 9.78 Å². The molecule has 3 aromatic heterocycles.